The van der Waals surface area contributed by atoms with Gasteiger partial charge in [-0.05, 0) is 49.1 Å². The van der Waals surface area contributed by atoms with Crippen LogP contribution in [-0.2, 0) is 6.42 Å². The first-order valence-electron chi connectivity index (χ1n) is 9.07. The maximum Gasteiger partial charge on any atom is 0.255 e. The number of carbonyl (C=O) groups is 1. The van der Waals surface area contributed by atoms with E-state index in [1.807, 2.05) is 36.4 Å². The fourth-order valence-electron chi connectivity index (χ4n) is 3.00. The third kappa shape index (κ3) is 3.38. The lowest BCUT2D eigenvalue weighted by atomic mass is 9.85. The lowest BCUT2D eigenvalue weighted by Gasteiger charge is -2.20. The Hall–Kier alpha value is -2.95. The highest BCUT2D eigenvalue weighted by atomic mass is 16.5. The molecule has 3 aromatic rings. The molecule has 5 nitrogen and oxygen atoms in total. The average Bonchev–Trinajstić information content (AvgIpc) is 3.10. The Labute approximate surface area is 152 Å². The van der Waals surface area contributed by atoms with Crippen LogP contribution < -0.4 is 5.32 Å². The molecule has 1 amide bonds. The van der Waals surface area contributed by atoms with Gasteiger partial charge >= 0.3 is 0 Å². The maximum atomic E-state index is 12.5. The van der Waals surface area contributed by atoms with Crippen LogP contribution in [0, 0.1) is 0 Å². The normalized spacial score (nSPS) is 14.0. The number of anilines is 1. The van der Waals surface area contributed by atoms with Crippen LogP contribution in [0.1, 0.15) is 53.9 Å². The molecule has 0 aliphatic heterocycles. The van der Waals surface area contributed by atoms with E-state index in [2.05, 4.69) is 22.4 Å². The molecular weight excluding hydrogens is 326 g/mol. The number of hydrogen-bond acceptors (Lipinski definition) is 4. The quantitative estimate of drug-likeness (QED) is 0.718. The van der Waals surface area contributed by atoms with E-state index in [1.165, 1.54) is 12.0 Å². The standard InChI is InChI=1S/C21H21N3O2/c1-2-14-9-11-18(12-10-14)22-20(25)17-8-4-7-16(13-17)19-23-21(26-24-19)15-5-3-6-15/h4,7-13,15H,2-3,5-6H2,1H3,(H,22,25). The van der Waals surface area contributed by atoms with Crippen molar-refractivity contribution in [2.45, 2.75) is 38.5 Å². The van der Waals surface area contributed by atoms with Gasteiger partial charge in [-0.25, -0.2) is 0 Å². The second kappa shape index (κ2) is 7.12. The van der Waals surface area contributed by atoms with Gasteiger partial charge in [0.15, 0.2) is 0 Å². The number of aryl methyl sites for hydroxylation is 1. The van der Waals surface area contributed by atoms with Crippen molar-refractivity contribution in [3.63, 3.8) is 0 Å². The van der Waals surface area contributed by atoms with Gasteiger partial charge in [-0.15, -0.1) is 0 Å². The van der Waals surface area contributed by atoms with Gasteiger partial charge in [0.1, 0.15) is 0 Å². The first-order valence-corrected chi connectivity index (χ1v) is 9.07. The van der Waals surface area contributed by atoms with Gasteiger partial charge in [0.25, 0.3) is 5.91 Å². The minimum Gasteiger partial charge on any atom is -0.339 e. The molecule has 1 aromatic heterocycles. The third-order valence-corrected chi connectivity index (χ3v) is 4.90. The molecule has 0 radical (unpaired) electrons. The highest BCUT2D eigenvalue weighted by Crippen LogP contribution is 2.36. The topological polar surface area (TPSA) is 68.0 Å². The molecule has 1 N–H and O–H groups in total. The molecule has 1 fully saturated rings. The number of benzene rings is 2. The van der Waals surface area contributed by atoms with Crippen molar-refractivity contribution >= 4 is 11.6 Å². The van der Waals surface area contributed by atoms with Crippen molar-refractivity contribution in [2.24, 2.45) is 0 Å². The first kappa shape index (κ1) is 16.5. The molecule has 26 heavy (non-hydrogen) atoms. The summed E-state index contributed by atoms with van der Waals surface area (Å²) in [6.07, 6.45) is 4.42. The number of amides is 1. The Bertz CT molecular complexity index is 911. The highest BCUT2D eigenvalue weighted by Gasteiger charge is 2.25. The molecule has 0 spiro atoms. The van der Waals surface area contributed by atoms with Gasteiger partial charge in [-0.3, -0.25) is 4.79 Å². The van der Waals surface area contributed by atoms with Crippen molar-refractivity contribution in [2.75, 3.05) is 5.32 Å². The molecule has 0 saturated heterocycles. The summed E-state index contributed by atoms with van der Waals surface area (Å²) in [5, 5.41) is 7.00. The molecule has 132 valence electrons. The monoisotopic (exact) mass is 347 g/mol. The minimum absolute atomic E-state index is 0.154. The van der Waals surface area contributed by atoms with Crippen molar-refractivity contribution in [3.05, 3.63) is 65.5 Å². The number of hydrogen-bond donors (Lipinski definition) is 1. The van der Waals surface area contributed by atoms with E-state index in [1.54, 1.807) is 12.1 Å². The maximum absolute atomic E-state index is 12.5. The van der Waals surface area contributed by atoms with Crippen LogP contribution in [0.3, 0.4) is 0 Å². The number of carbonyl (C=O) groups excluding carboxylic acids is 1. The molecule has 0 bridgehead atoms. The summed E-state index contributed by atoms with van der Waals surface area (Å²) in [6.45, 7) is 2.10. The summed E-state index contributed by atoms with van der Waals surface area (Å²) in [5.41, 5.74) is 3.37. The zero-order chi connectivity index (χ0) is 17.9. The largest absolute Gasteiger partial charge is 0.339 e. The Morgan fingerprint density at radius 2 is 2.00 bits per heavy atom. The second-order valence-electron chi connectivity index (χ2n) is 6.67. The Morgan fingerprint density at radius 1 is 1.19 bits per heavy atom. The van der Waals surface area contributed by atoms with E-state index in [-0.39, 0.29) is 5.91 Å². The summed E-state index contributed by atoms with van der Waals surface area (Å²) in [6, 6.07) is 15.2. The van der Waals surface area contributed by atoms with Gasteiger partial charge in [0, 0.05) is 22.7 Å². The van der Waals surface area contributed by atoms with Gasteiger partial charge in [0.05, 0.1) is 0 Å². The molecule has 4 rings (SSSR count). The van der Waals surface area contributed by atoms with Crippen molar-refractivity contribution in [3.8, 4) is 11.4 Å². The molecule has 1 aliphatic rings. The number of aromatic nitrogens is 2. The van der Waals surface area contributed by atoms with E-state index >= 15 is 0 Å². The zero-order valence-electron chi connectivity index (χ0n) is 14.7. The molecule has 0 atom stereocenters. The Kier molecular flexibility index (Phi) is 4.52. The van der Waals surface area contributed by atoms with E-state index < -0.39 is 0 Å². The van der Waals surface area contributed by atoms with E-state index in [4.69, 9.17) is 4.52 Å². The zero-order valence-corrected chi connectivity index (χ0v) is 14.7. The van der Waals surface area contributed by atoms with E-state index in [0.29, 0.717) is 23.2 Å². The molecule has 1 saturated carbocycles. The first-order chi connectivity index (χ1) is 12.7. The van der Waals surface area contributed by atoms with E-state index in [0.717, 1.165) is 30.5 Å². The lowest BCUT2D eigenvalue weighted by Crippen LogP contribution is -2.12. The van der Waals surface area contributed by atoms with Gasteiger partial charge in [-0.1, -0.05) is 42.8 Å². The average molecular weight is 347 g/mol. The van der Waals surface area contributed by atoms with Crippen LogP contribution in [0.2, 0.25) is 0 Å². The summed E-state index contributed by atoms with van der Waals surface area (Å²) in [7, 11) is 0. The summed E-state index contributed by atoms with van der Waals surface area (Å²) in [5.74, 6) is 1.48. The van der Waals surface area contributed by atoms with E-state index in [9.17, 15) is 4.79 Å². The van der Waals surface area contributed by atoms with Crippen LogP contribution in [-0.4, -0.2) is 16.0 Å². The second-order valence-corrected chi connectivity index (χ2v) is 6.67. The highest BCUT2D eigenvalue weighted by molar-refractivity contribution is 6.04. The lowest BCUT2D eigenvalue weighted by molar-refractivity contribution is 0.102. The fourth-order valence-corrected chi connectivity index (χ4v) is 3.00. The smallest absolute Gasteiger partial charge is 0.255 e. The number of nitrogens with zero attached hydrogens (tertiary/aromatic N) is 2. The molecule has 5 heteroatoms. The third-order valence-electron chi connectivity index (χ3n) is 4.90. The van der Waals surface area contributed by atoms with Crippen LogP contribution in [0.5, 0.6) is 0 Å². The molecule has 1 heterocycles. The van der Waals surface area contributed by atoms with Crippen molar-refractivity contribution < 1.29 is 9.32 Å². The SMILES string of the molecule is CCc1ccc(NC(=O)c2cccc(-c3noc(C4CCC4)n3)c2)cc1. The predicted octanol–water partition coefficient (Wildman–Crippen LogP) is 4.82. The predicted molar refractivity (Wildman–Crippen MR) is 100 cm³/mol. The van der Waals surface area contributed by atoms with Gasteiger partial charge < -0.3 is 9.84 Å². The van der Waals surface area contributed by atoms with Crippen molar-refractivity contribution in [1.82, 2.24) is 10.1 Å². The van der Waals surface area contributed by atoms with Crippen LogP contribution in [0.25, 0.3) is 11.4 Å². The van der Waals surface area contributed by atoms with Gasteiger partial charge in [-0.2, -0.15) is 4.98 Å². The Balaban J connectivity index is 1.50. The fraction of sp³-hybridized carbons (Fsp3) is 0.286. The molecule has 0 unspecified atom stereocenters. The molecule has 1 aliphatic carbocycles. The van der Waals surface area contributed by atoms with Crippen LogP contribution in [0.4, 0.5) is 5.69 Å². The van der Waals surface area contributed by atoms with Crippen LogP contribution in [0.15, 0.2) is 53.1 Å². The molecule has 2 aromatic carbocycles. The number of rotatable bonds is 5. The summed E-state index contributed by atoms with van der Waals surface area (Å²) < 4.78 is 5.38. The summed E-state index contributed by atoms with van der Waals surface area (Å²) in [4.78, 5) is 17.0. The summed E-state index contributed by atoms with van der Waals surface area (Å²) >= 11 is 0. The minimum atomic E-state index is -0.154. The van der Waals surface area contributed by atoms with Crippen molar-refractivity contribution in [1.29, 1.82) is 0 Å². The number of nitrogens with one attached hydrogen (secondary N) is 1. The Morgan fingerprint density at radius 3 is 2.69 bits per heavy atom. The van der Waals surface area contributed by atoms with Gasteiger partial charge in [0.2, 0.25) is 11.7 Å². The molecular formula is C21H21N3O2. The van der Waals surface area contributed by atoms with Crippen LogP contribution >= 0.6 is 0 Å².